The highest BCUT2D eigenvalue weighted by atomic mass is 79.9. The Labute approximate surface area is 103 Å². The van der Waals surface area contributed by atoms with Crippen molar-refractivity contribution in [2.45, 2.75) is 6.18 Å². The number of halogens is 4. The number of hydrogen-bond acceptors (Lipinski definition) is 3. The summed E-state index contributed by atoms with van der Waals surface area (Å²) < 4.78 is 38.4. The Morgan fingerprint density at radius 3 is 2.41 bits per heavy atom. The molecule has 0 aliphatic rings. The molecule has 2 aromatic rings. The number of benzene rings is 1. The van der Waals surface area contributed by atoms with Crippen molar-refractivity contribution < 1.29 is 13.2 Å². The SMILES string of the molecule is FC(F)(F)c1ccccc1-c1ncnc(Br)n1. The Balaban J connectivity index is 2.60. The summed E-state index contributed by atoms with van der Waals surface area (Å²) in [6.07, 6.45) is -3.28. The average Bonchev–Trinajstić information content (AvgIpc) is 2.28. The lowest BCUT2D eigenvalue weighted by Gasteiger charge is -2.11. The molecule has 88 valence electrons. The van der Waals surface area contributed by atoms with Gasteiger partial charge >= 0.3 is 6.18 Å². The van der Waals surface area contributed by atoms with Gasteiger partial charge in [-0.15, -0.1) is 0 Å². The predicted octanol–water partition coefficient (Wildman–Crippen LogP) is 3.32. The van der Waals surface area contributed by atoms with Gasteiger partial charge in [0.25, 0.3) is 0 Å². The predicted molar refractivity (Wildman–Crippen MR) is 58.0 cm³/mol. The highest BCUT2D eigenvalue weighted by molar-refractivity contribution is 9.10. The summed E-state index contributed by atoms with van der Waals surface area (Å²) in [7, 11) is 0. The van der Waals surface area contributed by atoms with E-state index in [1.807, 2.05) is 0 Å². The van der Waals surface area contributed by atoms with Crippen LogP contribution < -0.4 is 0 Å². The third-order valence-corrected chi connectivity index (χ3v) is 2.40. The number of nitrogens with zero attached hydrogens (tertiary/aromatic N) is 3. The zero-order valence-electron chi connectivity index (χ0n) is 8.24. The first kappa shape index (κ1) is 12.0. The summed E-state index contributed by atoms with van der Waals surface area (Å²) in [6.45, 7) is 0. The molecule has 0 spiro atoms. The zero-order chi connectivity index (χ0) is 12.5. The maximum absolute atomic E-state index is 12.8. The van der Waals surface area contributed by atoms with Crippen molar-refractivity contribution in [1.29, 1.82) is 0 Å². The van der Waals surface area contributed by atoms with Crippen LogP contribution in [0.5, 0.6) is 0 Å². The molecule has 3 nitrogen and oxygen atoms in total. The van der Waals surface area contributed by atoms with E-state index in [0.29, 0.717) is 0 Å². The first-order valence-corrected chi connectivity index (χ1v) is 5.29. The van der Waals surface area contributed by atoms with Gasteiger partial charge in [0, 0.05) is 5.56 Å². The molecule has 0 saturated carbocycles. The average molecular weight is 304 g/mol. The van der Waals surface area contributed by atoms with Crippen molar-refractivity contribution >= 4 is 15.9 Å². The third kappa shape index (κ3) is 2.60. The summed E-state index contributed by atoms with van der Waals surface area (Å²) in [5.41, 5.74) is -0.832. The summed E-state index contributed by atoms with van der Waals surface area (Å²) in [5.74, 6) is -0.0141. The van der Waals surface area contributed by atoms with Crippen molar-refractivity contribution in [2.24, 2.45) is 0 Å². The molecular formula is C10H5BrF3N3. The van der Waals surface area contributed by atoms with Crippen LogP contribution in [0.15, 0.2) is 35.3 Å². The minimum Gasteiger partial charge on any atom is -0.216 e. The van der Waals surface area contributed by atoms with Crippen molar-refractivity contribution in [3.8, 4) is 11.4 Å². The van der Waals surface area contributed by atoms with Gasteiger partial charge < -0.3 is 0 Å². The van der Waals surface area contributed by atoms with Crippen LogP contribution in [0.4, 0.5) is 13.2 Å². The van der Waals surface area contributed by atoms with Crippen LogP contribution in [0.25, 0.3) is 11.4 Å². The highest BCUT2D eigenvalue weighted by Crippen LogP contribution is 2.35. The summed E-state index contributed by atoms with van der Waals surface area (Å²) in [4.78, 5) is 11.2. The molecule has 0 fully saturated rings. The first-order valence-electron chi connectivity index (χ1n) is 4.49. The van der Waals surface area contributed by atoms with Crippen LogP contribution >= 0.6 is 15.9 Å². The molecule has 1 aromatic heterocycles. The van der Waals surface area contributed by atoms with E-state index in [1.54, 1.807) is 0 Å². The fourth-order valence-electron chi connectivity index (χ4n) is 1.33. The molecule has 0 aliphatic carbocycles. The topological polar surface area (TPSA) is 38.7 Å². The normalized spacial score (nSPS) is 11.5. The molecule has 0 bridgehead atoms. The lowest BCUT2D eigenvalue weighted by molar-refractivity contribution is -0.137. The molecule has 2 rings (SSSR count). The van der Waals surface area contributed by atoms with Gasteiger partial charge in [0.2, 0.25) is 0 Å². The lowest BCUT2D eigenvalue weighted by Crippen LogP contribution is -2.08. The van der Waals surface area contributed by atoms with Crippen LogP contribution in [0.1, 0.15) is 5.56 Å². The number of aromatic nitrogens is 3. The van der Waals surface area contributed by atoms with Gasteiger partial charge in [0.15, 0.2) is 10.6 Å². The second-order valence-electron chi connectivity index (χ2n) is 3.12. The molecule has 7 heteroatoms. The quantitative estimate of drug-likeness (QED) is 0.811. The van der Waals surface area contributed by atoms with E-state index >= 15 is 0 Å². The van der Waals surface area contributed by atoms with E-state index in [-0.39, 0.29) is 16.1 Å². The standard InChI is InChI=1S/C10H5BrF3N3/c11-9-16-5-15-8(17-9)6-3-1-2-4-7(6)10(12,13)14/h1-5H. The molecule has 17 heavy (non-hydrogen) atoms. The Bertz CT molecular complexity index is 542. The Morgan fingerprint density at radius 2 is 1.76 bits per heavy atom. The minimum absolute atomic E-state index is 0.0141. The zero-order valence-corrected chi connectivity index (χ0v) is 9.83. The van der Waals surface area contributed by atoms with Gasteiger partial charge in [0.05, 0.1) is 5.56 Å². The highest BCUT2D eigenvalue weighted by Gasteiger charge is 2.34. The van der Waals surface area contributed by atoms with Crippen LogP contribution in [-0.4, -0.2) is 15.0 Å². The molecule has 0 amide bonds. The van der Waals surface area contributed by atoms with E-state index in [9.17, 15) is 13.2 Å². The fraction of sp³-hybridized carbons (Fsp3) is 0.100. The second kappa shape index (κ2) is 4.40. The van der Waals surface area contributed by atoms with Crippen LogP contribution in [0.2, 0.25) is 0 Å². The van der Waals surface area contributed by atoms with E-state index < -0.39 is 11.7 Å². The molecule has 0 atom stereocenters. The summed E-state index contributed by atoms with van der Waals surface area (Å²) in [5, 5.41) is 0. The van der Waals surface area contributed by atoms with Crippen molar-refractivity contribution in [3.05, 3.63) is 40.9 Å². The maximum Gasteiger partial charge on any atom is 0.417 e. The molecule has 1 heterocycles. The van der Waals surface area contributed by atoms with E-state index in [2.05, 4.69) is 30.9 Å². The molecular weight excluding hydrogens is 299 g/mol. The molecule has 0 unspecified atom stereocenters. The van der Waals surface area contributed by atoms with E-state index in [0.717, 1.165) is 12.4 Å². The molecule has 0 radical (unpaired) electrons. The van der Waals surface area contributed by atoms with Gasteiger partial charge in [-0.3, -0.25) is 0 Å². The van der Waals surface area contributed by atoms with Crippen LogP contribution in [0, 0.1) is 0 Å². The van der Waals surface area contributed by atoms with Crippen LogP contribution in [0.3, 0.4) is 0 Å². The van der Waals surface area contributed by atoms with Gasteiger partial charge in [0.1, 0.15) is 6.33 Å². The number of rotatable bonds is 1. The largest absolute Gasteiger partial charge is 0.417 e. The smallest absolute Gasteiger partial charge is 0.216 e. The van der Waals surface area contributed by atoms with Gasteiger partial charge in [-0.05, 0) is 22.0 Å². The fourth-order valence-corrected chi connectivity index (χ4v) is 1.59. The van der Waals surface area contributed by atoms with E-state index in [4.69, 9.17) is 0 Å². The second-order valence-corrected chi connectivity index (χ2v) is 3.83. The Hall–Kier alpha value is -1.50. The van der Waals surface area contributed by atoms with Crippen LogP contribution in [-0.2, 0) is 6.18 Å². The van der Waals surface area contributed by atoms with Crippen molar-refractivity contribution in [3.63, 3.8) is 0 Å². The molecule has 1 aromatic carbocycles. The van der Waals surface area contributed by atoms with Crippen molar-refractivity contribution in [2.75, 3.05) is 0 Å². The lowest BCUT2D eigenvalue weighted by atomic mass is 10.1. The monoisotopic (exact) mass is 303 g/mol. The number of hydrogen-bond donors (Lipinski definition) is 0. The minimum atomic E-state index is -4.43. The van der Waals surface area contributed by atoms with Gasteiger partial charge in [-0.1, -0.05) is 18.2 Å². The van der Waals surface area contributed by atoms with Gasteiger partial charge in [-0.25, -0.2) is 15.0 Å². The third-order valence-electron chi connectivity index (χ3n) is 2.02. The summed E-state index contributed by atoms with van der Waals surface area (Å²) in [6, 6.07) is 5.14. The van der Waals surface area contributed by atoms with Gasteiger partial charge in [-0.2, -0.15) is 13.2 Å². The molecule has 0 aliphatic heterocycles. The Kier molecular flexibility index (Phi) is 3.10. The van der Waals surface area contributed by atoms with E-state index in [1.165, 1.54) is 18.2 Å². The number of alkyl halides is 3. The maximum atomic E-state index is 12.8. The van der Waals surface area contributed by atoms with Crippen molar-refractivity contribution in [1.82, 2.24) is 15.0 Å². The molecule has 0 saturated heterocycles. The molecule has 0 N–H and O–H groups in total. The Morgan fingerprint density at radius 1 is 1.06 bits per heavy atom. The first-order chi connectivity index (χ1) is 7.98. The summed E-state index contributed by atoms with van der Waals surface area (Å²) >= 11 is 2.99.